The SMILES string of the molecule is Cc1ccc(S(=O)(=O)N2BOC(=O)[C@@H]2C(C)C)cc1. The summed E-state index contributed by atoms with van der Waals surface area (Å²) in [6.07, 6.45) is 0. The highest BCUT2D eigenvalue weighted by molar-refractivity contribution is 7.90. The summed E-state index contributed by atoms with van der Waals surface area (Å²) in [4.78, 5) is 11.8. The third kappa shape index (κ3) is 2.53. The lowest BCUT2D eigenvalue weighted by Crippen LogP contribution is -2.42. The van der Waals surface area contributed by atoms with Crippen LogP contribution in [0.25, 0.3) is 0 Å². The molecule has 0 bridgehead atoms. The summed E-state index contributed by atoms with van der Waals surface area (Å²) in [7, 11) is -3.91. The molecular formula is C12H16BNO4S. The maximum absolute atomic E-state index is 12.5. The van der Waals surface area contributed by atoms with Crippen molar-refractivity contribution in [2.75, 3.05) is 0 Å². The number of aryl methyl sites for hydroxylation is 1. The van der Waals surface area contributed by atoms with Crippen LogP contribution >= 0.6 is 0 Å². The van der Waals surface area contributed by atoms with Crippen LogP contribution in [0.2, 0.25) is 0 Å². The van der Waals surface area contributed by atoms with Gasteiger partial charge < -0.3 is 4.65 Å². The van der Waals surface area contributed by atoms with Crippen LogP contribution in [0.1, 0.15) is 19.4 Å². The van der Waals surface area contributed by atoms with Crippen LogP contribution in [-0.4, -0.2) is 32.3 Å². The Labute approximate surface area is 113 Å². The van der Waals surface area contributed by atoms with E-state index in [9.17, 15) is 13.2 Å². The van der Waals surface area contributed by atoms with Gasteiger partial charge in [0.25, 0.3) is 0 Å². The van der Waals surface area contributed by atoms with Crippen molar-refractivity contribution in [2.24, 2.45) is 5.92 Å². The Bertz CT molecular complexity index is 582. The van der Waals surface area contributed by atoms with E-state index < -0.39 is 22.0 Å². The van der Waals surface area contributed by atoms with Gasteiger partial charge in [-0.05, 0) is 25.0 Å². The molecule has 5 nitrogen and oxygen atoms in total. The number of nitrogens with zero attached hydrogens (tertiary/aromatic N) is 1. The van der Waals surface area contributed by atoms with Crippen molar-refractivity contribution in [3.8, 4) is 0 Å². The normalized spacial score (nSPS) is 20.4. The molecule has 7 heteroatoms. The second kappa shape index (κ2) is 4.98. The minimum absolute atomic E-state index is 0.129. The predicted molar refractivity (Wildman–Crippen MR) is 72.1 cm³/mol. The molecule has 0 unspecified atom stereocenters. The van der Waals surface area contributed by atoms with E-state index in [4.69, 9.17) is 4.65 Å². The van der Waals surface area contributed by atoms with Crippen LogP contribution in [0.5, 0.6) is 0 Å². The molecule has 2 rings (SSSR count). The average Bonchev–Trinajstić information content (AvgIpc) is 2.72. The lowest BCUT2D eigenvalue weighted by molar-refractivity contribution is -0.135. The van der Waals surface area contributed by atoms with E-state index in [0.29, 0.717) is 0 Å². The fraction of sp³-hybridized carbons (Fsp3) is 0.417. The van der Waals surface area contributed by atoms with Crippen molar-refractivity contribution in [1.82, 2.24) is 4.22 Å². The molecule has 102 valence electrons. The topological polar surface area (TPSA) is 63.7 Å². The Morgan fingerprint density at radius 1 is 1.26 bits per heavy atom. The van der Waals surface area contributed by atoms with E-state index in [2.05, 4.69) is 0 Å². The van der Waals surface area contributed by atoms with Crippen LogP contribution in [0, 0.1) is 12.8 Å². The Balaban J connectivity index is 2.39. The molecule has 1 saturated heterocycles. The molecule has 1 fully saturated rings. The van der Waals surface area contributed by atoms with Crippen LogP contribution in [0.4, 0.5) is 0 Å². The summed E-state index contributed by atoms with van der Waals surface area (Å²) >= 11 is 0. The monoisotopic (exact) mass is 281 g/mol. The zero-order valence-electron chi connectivity index (χ0n) is 11.2. The third-order valence-electron chi connectivity index (χ3n) is 3.14. The average molecular weight is 281 g/mol. The van der Waals surface area contributed by atoms with Crippen LogP contribution < -0.4 is 0 Å². The summed E-state index contributed by atoms with van der Waals surface area (Å²) in [5.41, 5.74) is 0.980. The first kappa shape index (κ1) is 14.1. The highest BCUT2D eigenvalue weighted by atomic mass is 32.2. The molecule has 1 atom stereocenters. The molecule has 0 spiro atoms. The van der Waals surface area contributed by atoms with Gasteiger partial charge in [-0.15, -0.1) is 0 Å². The maximum atomic E-state index is 12.5. The summed E-state index contributed by atoms with van der Waals surface area (Å²) in [5, 5.41) is 0. The molecule has 0 radical (unpaired) electrons. The Kier molecular flexibility index (Phi) is 3.69. The molecule has 0 aromatic heterocycles. The first-order valence-electron chi connectivity index (χ1n) is 6.09. The zero-order valence-corrected chi connectivity index (χ0v) is 12.0. The molecule has 1 aromatic carbocycles. The Hall–Kier alpha value is -1.34. The minimum atomic E-state index is -3.70. The van der Waals surface area contributed by atoms with E-state index in [1.807, 2.05) is 6.92 Å². The largest absolute Gasteiger partial charge is 0.521 e. The van der Waals surface area contributed by atoms with Crippen LogP contribution in [0.3, 0.4) is 0 Å². The lowest BCUT2D eigenvalue weighted by atomic mass is 10.0. The van der Waals surface area contributed by atoms with Crippen molar-refractivity contribution < 1.29 is 17.9 Å². The van der Waals surface area contributed by atoms with Crippen LogP contribution in [-0.2, 0) is 19.5 Å². The van der Waals surface area contributed by atoms with Crippen molar-refractivity contribution in [3.63, 3.8) is 0 Å². The number of hydrogen-bond donors (Lipinski definition) is 0. The first-order chi connectivity index (χ1) is 8.84. The first-order valence-corrected chi connectivity index (χ1v) is 7.53. The Morgan fingerprint density at radius 3 is 2.37 bits per heavy atom. The highest BCUT2D eigenvalue weighted by Crippen LogP contribution is 2.25. The molecule has 19 heavy (non-hydrogen) atoms. The van der Waals surface area contributed by atoms with Gasteiger partial charge in [0.1, 0.15) is 6.04 Å². The number of sulfonamides is 1. The fourth-order valence-electron chi connectivity index (χ4n) is 2.08. The molecule has 0 saturated carbocycles. The standard InChI is InChI=1S/C12H16BNO4S/c1-8(2)11-12(15)18-13-14(11)19(16,17)10-6-4-9(3)5-7-10/h4-8,11,13H,1-3H3/t11-/m0/s1. The van der Waals surface area contributed by atoms with Gasteiger partial charge in [0, 0.05) is 0 Å². The van der Waals surface area contributed by atoms with Gasteiger partial charge in [-0.25, -0.2) is 8.42 Å². The smallest absolute Gasteiger partial charge is 0.448 e. The summed E-state index contributed by atoms with van der Waals surface area (Å²) < 4.78 is 31.0. The van der Waals surface area contributed by atoms with Crippen molar-refractivity contribution in [1.29, 1.82) is 0 Å². The molecule has 1 aliphatic heterocycles. The van der Waals surface area contributed by atoms with Gasteiger partial charge in [-0.3, -0.25) is 4.79 Å². The maximum Gasteiger partial charge on any atom is 0.448 e. The highest BCUT2D eigenvalue weighted by Gasteiger charge is 2.45. The summed E-state index contributed by atoms with van der Waals surface area (Å²) in [5.74, 6) is -0.610. The third-order valence-corrected chi connectivity index (χ3v) is 4.96. The molecular weight excluding hydrogens is 265 g/mol. The fourth-order valence-corrected chi connectivity index (χ4v) is 3.65. The second-order valence-corrected chi connectivity index (χ2v) is 6.88. The molecule has 0 aliphatic carbocycles. The minimum Gasteiger partial charge on any atom is -0.521 e. The van der Waals surface area contributed by atoms with Crippen LogP contribution in [0.15, 0.2) is 29.2 Å². The van der Waals surface area contributed by atoms with E-state index in [-0.39, 0.29) is 18.4 Å². The van der Waals surface area contributed by atoms with Crippen molar-refractivity contribution >= 4 is 23.6 Å². The van der Waals surface area contributed by atoms with Gasteiger partial charge >= 0.3 is 13.6 Å². The van der Waals surface area contributed by atoms with E-state index in [1.54, 1.807) is 38.1 Å². The van der Waals surface area contributed by atoms with Gasteiger partial charge in [0.05, 0.1) is 4.90 Å². The predicted octanol–water partition coefficient (Wildman–Crippen LogP) is 0.834. The molecule has 1 aliphatic rings. The zero-order chi connectivity index (χ0) is 14.2. The summed E-state index contributed by atoms with van der Waals surface area (Å²) in [6, 6.07) is 5.81. The lowest BCUT2D eigenvalue weighted by Gasteiger charge is -2.22. The summed E-state index contributed by atoms with van der Waals surface area (Å²) in [6.45, 7) is 5.49. The molecule has 1 aromatic rings. The number of hydrogen-bond acceptors (Lipinski definition) is 4. The number of carbonyl (C=O) groups is 1. The molecule has 1 heterocycles. The number of carbonyl (C=O) groups excluding carboxylic acids is 1. The van der Waals surface area contributed by atoms with E-state index in [0.717, 1.165) is 9.78 Å². The van der Waals surface area contributed by atoms with E-state index in [1.165, 1.54) is 0 Å². The molecule has 0 N–H and O–H groups in total. The van der Waals surface area contributed by atoms with E-state index >= 15 is 0 Å². The quantitative estimate of drug-likeness (QED) is 0.770. The van der Waals surface area contributed by atoms with Crippen molar-refractivity contribution in [3.05, 3.63) is 29.8 Å². The second-order valence-electron chi connectivity index (χ2n) is 4.99. The van der Waals surface area contributed by atoms with Gasteiger partial charge in [0.2, 0.25) is 10.0 Å². The van der Waals surface area contributed by atoms with Gasteiger partial charge in [-0.1, -0.05) is 31.5 Å². The number of rotatable bonds is 3. The Morgan fingerprint density at radius 2 is 1.84 bits per heavy atom. The van der Waals surface area contributed by atoms with Crippen molar-refractivity contribution in [2.45, 2.75) is 31.7 Å². The van der Waals surface area contributed by atoms with Gasteiger partial charge in [0.15, 0.2) is 0 Å². The number of benzene rings is 1. The van der Waals surface area contributed by atoms with Gasteiger partial charge in [-0.2, -0.15) is 4.22 Å². The molecule has 0 amide bonds.